The Morgan fingerprint density at radius 2 is 1.90 bits per heavy atom. The van der Waals surface area contributed by atoms with Crippen LogP contribution >= 0.6 is 0 Å². The summed E-state index contributed by atoms with van der Waals surface area (Å²) in [4.78, 5) is 16.7. The summed E-state index contributed by atoms with van der Waals surface area (Å²) in [6, 6.07) is 7.78. The number of rotatable bonds is 8. The van der Waals surface area contributed by atoms with E-state index >= 15 is 0 Å². The van der Waals surface area contributed by atoms with Crippen LogP contribution in [0, 0.1) is 0 Å². The SMILES string of the molecule is CCN(CCCN(C)C)C(=O)c1ccccc1CCN. The quantitative estimate of drug-likeness (QED) is 0.785. The highest BCUT2D eigenvalue weighted by atomic mass is 16.2. The third kappa shape index (κ3) is 4.94. The van der Waals surface area contributed by atoms with Crippen LogP contribution in [0.3, 0.4) is 0 Å². The van der Waals surface area contributed by atoms with E-state index in [0.717, 1.165) is 43.6 Å². The highest BCUT2D eigenvalue weighted by Gasteiger charge is 2.16. The van der Waals surface area contributed by atoms with Gasteiger partial charge < -0.3 is 15.5 Å². The molecule has 0 unspecified atom stereocenters. The lowest BCUT2D eigenvalue weighted by Crippen LogP contribution is -2.34. The van der Waals surface area contributed by atoms with Gasteiger partial charge in [-0.1, -0.05) is 18.2 Å². The van der Waals surface area contributed by atoms with Crippen molar-refractivity contribution in [2.24, 2.45) is 5.73 Å². The molecule has 1 aromatic rings. The second-order valence-corrected chi connectivity index (χ2v) is 5.24. The topological polar surface area (TPSA) is 49.6 Å². The molecule has 0 heterocycles. The second-order valence-electron chi connectivity index (χ2n) is 5.24. The maximum absolute atomic E-state index is 12.6. The lowest BCUT2D eigenvalue weighted by molar-refractivity contribution is 0.0758. The number of amides is 1. The van der Waals surface area contributed by atoms with Crippen molar-refractivity contribution in [3.05, 3.63) is 35.4 Å². The zero-order chi connectivity index (χ0) is 15.0. The highest BCUT2D eigenvalue weighted by Crippen LogP contribution is 2.12. The van der Waals surface area contributed by atoms with Crippen LogP contribution in [0.5, 0.6) is 0 Å². The molecule has 0 spiro atoms. The molecule has 4 heteroatoms. The van der Waals surface area contributed by atoms with E-state index in [-0.39, 0.29) is 5.91 Å². The van der Waals surface area contributed by atoms with Gasteiger partial charge in [0.1, 0.15) is 0 Å². The standard InChI is InChI=1S/C16H27N3O/c1-4-19(13-7-12-18(2)3)16(20)15-9-6-5-8-14(15)10-11-17/h5-6,8-9H,4,7,10-13,17H2,1-3H3. The molecule has 0 aromatic heterocycles. The van der Waals surface area contributed by atoms with Crippen molar-refractivity contribution in [2.45, 2.75) is 19.8 Å². The Morgan fingerprint density at radius 3 is 2.50 bits per heavy atom. The molecule has 4 nitrogen and oxygen atoms in total. The van der Waals surface area contributed by atoms with Crippen molar-refractivity contribution in [1.29, 1.82) is 0 Å². The second kappa shape index (κ2) is 8.72. The fourth-order valence-corrected chi connectivity index (χ4v) is 2.25. The first-order valence-electron chi connectivity index (χ1n) is 7.32. The predicted molar refractivity (Wildman–Crippen MR) is 83.9 cm³/mol. The molecule has 0 saturated heterocycles. The number of carbonyl (C=O) groups is 1. The maximum Gasteiger partial charge on any atom is 0.254 e. The van der Waals surface area contributed by atoms with Gasteiger partial charge >= 0.3 is 0 Å². The van der Waals surface area contributed by atoms with Gasteiger partial charge in [-0.05, 0) is 58.6 Å². The van der Waals surface area contributed by atoms with Gasteiger partial charge in [0.15, 0.2) is 0 Å². The Kier molecular flexibility index (Phi) is 7.26. The number of nitrogens with zero attached hydrogens (tertiary/aromatic N) is 2. The summed E-state index contributed by atoms with van der Waals surface area (Å²) in [7, 11) is 4.10. The van der Waals surface area contributed by atoms with Gasteiger partial charge in [0.05, 0.1) is 0 Å². The molecule has 0 saturated carbocycles. The minimum Gasteiger partial charge on any atom is -0.339 e. The molecule has 1 rings (SSSR count). The van der Waals surface area contributed by atoms with E-state index in [1.165, 1.54) is 0 Å². The van der Waals surface area contributed by atoms with E-state index < -0.39 is 0 Å². The molecule has 20 heavy (non-hydrogen) atoms. The fraction of sp³-hybridized carbons (Fsp3) is 0.562. The molecule has 1 amide bonds. The third-order valence-corrected chi connectivity index (χ3v) is 3.36. The monoisotopic (exact) mass is 277 g/mol. The molecule has 0 aliphatic rings. The summed E-state index contributed by atoms with van der Waals surface area (Å²) >= 11 is 0. The Hall–Kier alpha value is -1.39. The zero-order valence-corrected chi connectivity index (χ0v) is 12.9. The molecule has 1 aromatic carbocycles. The van der Waals surface area contributed by atoms with E-state index in [2.05, 4.69) is 19.0 Å². The first kappa shape index (κ1) is 16.7. The zero-order valence-electron chi connectivity index (χ0n) is 12.9. The Bertz CT molecular complexity index is 418. The van der Waals surface area contributed by atoms with Gasteiger partial charge in [0.2, 0.25) is 0 Å². The van der Waals surface area contributed by atoms with E-state index in [9.17, 15) is 4.79 Å². The van der Waals surface area contributed by atoms with E-state index in [4.69, 9.17) is 5.73 Å². The first-order chi connectivity index (χ1) is 9.60. The molecule has 0 fully saturated rings. The first-order valence-corrected chi connectivity index (χ1v) is 7.32. The lowest BCUT2D eigenvalue weighted by Gasteiger charge is -2.23. The molecule has 0 aliphatic heterocycles. The van der Waals surface area contributed by atoms with Crippen LogP contribution in [0.1, 0.15) is 29.3 Å². The van der Waals surface area contributed by atoms with Gasteiger partial charge in [-0.3, -0.25) is 4.79 Å². The van der Waals surface area contributed by atoms with Gasteiger partial charge in [-0.25, -0.2) is 0 Å². The van der Waals surface area contributed by atoms with Gasteiger partial charge in [-0.2, -0.15) is 0 Å². The van der Waals surface area contributed by atoms with Crippen molar-refractivity contribution < 1.29 is 4.79 Å². The smallest absolute Gasteiger partial charge is 0.254 e. The van der Waals surface area contributed by atoms with Crippen molar-refractivity contribution >= 4 is 5.91 Å². The van der Waals surface area contributed by atoms with Crippen molar-refractivity contribution in [3.63, 3.8) is 0 Å². The number of carbonyl (C=O) groups excluding carboxylic acids is 1. The summed E-state index contributed by atoms with van der Waals surface area (Å²) in [5.74, 6) is 0.121. The van der Waals surface area contributed by atoms with Crippen LogP contribution in [0.25, 0.3) is 0 Å². The molecular weight excluding hydrogens is 250 g/mol. The average molecular weight is 277 g/mol. The van der Waals surface area contributed by atoms with E-state index in [1.54, 1.807) is 0 Å². The molecule has 0 atom stereocenters. The number of nitrogens with two attached hydrogens (primary N) is 1. The number of hydrogen-bond donors (Lipinski definition) is 1. The molecule has 0 radical (unpaired) electrons. The highest BCUT2D eigenvalue weighted by molar-refractivity contribution is 5.95. The minimum absolute atomic E-state index is 0.121. The van der Waals surface area contributed by atoms with Crippen LogP contribution in [-0.2, 0) is 6.42 Å². The molecule has 0 bridgehead atoms. The van der Waals surface area contributed by atoms with E-state index in [0.29, 0.717) is 6.54 Å². The average Bonchev–Trinajstić information content (AvgIpc) is 2.43. The van der Waals surface area contributed by atoms with Crippen LogP contribution in [0.2, 0.25) is 0 Å². The lowest BCUT2D eigenvalue weighted by atomic mass is 10.0. The predicted octanol–water partition coefficient (Wildman–Crippen LogP) is 1.60. The molecule has 112 valence electrons. The summed E-state index contributed by atoms with van der Waals surface area (Å²) in [5.41, 5.74) is 7.46. The minimum atomic E-state index is 0.121. The summed E-state index contributed by atoms with van der Waals surface area (Å²) in [5, 5.41) is 0. The van der Waals surface area contributed by atoms with Crippen LogP contribution in [-0.4, -0.2) is 56.0 Å². The number of benzene rings is 1. The van der Waals surface area contributed by atoms with Crippen molar-refractivity contribution in [2.75, 3.05) is 40.3 Å². The molecular formula is C16H27N3O. The van der Waals surface area contributed by atoms with Gasteiger partial charge in [0, 0.05) is 18.7 Å². The maximum atomic E-state index is 12.6. The van der Waals surface area contributed by atoms with Crippen molar-refractivity contribution in [3.8, 4) is 0 Å². The summed E-state index contributed by atoms with van der Waals surface area (Å²) in [6.45, 7) is 5.12. The Balaban J connectivity index is 2.75. The van der Waals surface area contributed by atoms with E-state index in [1.807, 2.05) is 36.1 Å². The third-order valence-electron chi connectivity index (χ3n) is 3.36. The van der Waals surface area contributed by atoms with Crippen LogP contribution in [0.4, 0.5) is 0 Å². The molecule has 0 aliphatic carbocycles. The normalized spacial score (nSPS) is 10.8. The van der Waals surface area contributed by atoms with Gasteiger partial charge in [-0.15, -0.1) is 0 Å². The fourth-order valence-electron chi connectivity index (χ4n) is 2.25. The summed E-state index contributed by atoms with van der Waals surface area (Å²) < 4.78 is 0. The van der Waals surface area contributed by atoms with Crippen LogP contribution < -0.4 is 5.73 Å². The largest absolute Gasteiger partial charge is 0.339 e. The Morgan fingerprint density at radius 1 is 1.20 bits per heavy atom. The summed E-state index contributed by atoms with van der Waals surface area (Å²) in [6.07, 6.45) is 1.74. The Labute approximate surface area is 122 Å². The number of hydrogen-bond acceptors (Lipinski definition) is 3. The van der Waals surface area contributed by atoms with Gasteiger partial charge in [0.25, 0.3) is 5.91 Å². The molecule has 2 N–H and O–H groups in total. The van der Waals surface area contributed by atoms with Crippen molar-refractivity contribution in [1.82, 2.24) is 9.80 Å². The van der Waals surface area contributed by atoms with Crippen LogP contribution in [0.15, 0.2) is 24.3 Å².